The van der Waals surface area contributed by atoms with Gasteiger partial charge in [-0.05, 0) is 143 Å². The number of anilines is 2. The molecule has 14 rings (SSSR count). The molecule has 10 aromatic carbocycles. The van der Waals surface area contributed by atoms with Crippen LogP contribution in [-0.2, 0) is 16.2 Å². The van der Waals surface area contributed by atoms with E-state index in [1.165, 1.54) is 101 Å². The fraction of sp³-hybridized carbons (Fsp3) is 0.123. The molecule has 0 radical (unpaired) electrons. The van der Waals surface area contributed by atoms with Gasteiger partial charge in [0.25, 0.3) is 0 Å². The molecule has 1 unspecified atom stereocenters. The quantitative estimate of drug-likeness (QED) is 0.161. The number of nitrogens with zero attached hydrogens (tertiary/aromatic N) is 1. The van der Waals surface area contributed by atoms with Crippen molar-refractivity contribution in [1.82, 2.24) is 0 Å². The Bertz CT molecular complexity index is 3690. The second kappa shape index (κ2) is 17.9. The van der Waals surface area contributed by atoms with Gasteiger partial charge in [0.2, 0.25) is 0 Å². The topological polar surface area (TPSA) is 3.24 Å². The van der Waals surface area contributed by atoms with Crippen LogP contribution in [0.1, 0.15) is 82.8 Å². The van der Waals surface area contributed by atoms with Gasteiger partial charge in [-0.2, -0.15) is 0 Å². The normalized spacial score (nSPS) is 16.4. The molecule has 0 heterocycles. The van der Waals surface area contributed by atoms with Gasteiger partial charge in [-0.1, -0.05) is 257 Å². The van der Waals surface area contributed by atoms with Gasteiger partial charge in [-0.25, -0.2) is 0 Å². The van der Waals surface area contributed by atoms with E-state index in [1.54, 1.807) is 5.57 Å². The van der Waals surface area contributed by atoms with E-state index in [0.717, 1.165) is 11.4 Å². The Labute approximate surface area is 437 Å². The number of rotatable bonds is 6. The molecule has 0 aromatic heterocycles. The molecule has 0 bridgehead atoms. The molecule has 0 aliphatic heterocycles. The molecular formula is C73H59N. The fourth-order valence-electron chi connectivity index (χ4n) is 13.8. The highest BCUT2D eigenvalue weighted by Gasteiger charge is 2.56. The van der Waals surface area contributed by atoms with Gasteiger partial charge in [0, 0.05) is 23.8 Å². The van der Waals surface area contributed by atoms with Crippen LogP contribution in [-0.4, -0.2) is 7.05 Å². The van der Waals surface area contributed by atoms with E-state index < -0.39 is 10.8 Å². The van der Waals surface area contributed by atoms with Crippen LogP contribution >= 0.6 is 0 Å². The summed E-state index contributed by atoms with van der Waals surface area (Å²) in [6.07, 6.45) is 5.83. The molecule has 4 aliphatic carbocycles. The zero-order valence-electron chi connectivity index (χ0n) is 42.6. The molecule has 1 spiro atoms. The second-order valence-electron chi connectivity index (χ2n) is 21.2. The Morgan fingerprint density at radius 2 is 0.770 bits per heavy atom. The Kier molecular flexibility index (Phi) is 11.0. The van der Waals surface area contributed by atoms with E-state index in [-0.39, 0.29) is 5.41 Å². The van der Waals surface area contributed by atoms with E-state index in [2.05, 4.69) is 300 Å². The first kappa shape index (κ1) is 45.4. The molecule has 74 heavy (non-hydrogen) atoms. The minimum Gasteiger partial charge on any atom is -0.345 e. The summed E-state index contributed by atoms with van der Waals surface area (Å²) in [4.78, 5) is 2.26. The summed E-state index contributed by atoms with van der Waals surface area (Å²) in [5.74, 6) is 0.683. The van der Waals surface area contributed by atoms with Crippen molar-refractivity contribution >= 4 is 16.9 Å². The maximum atomic E-state index is 2.49. The molecular weight excluding hydrogens is 891 g/mol. The number of fused-ring (bicyclic) bond motifs is 11. The predicted octanol–water partition coefficient (Wildman–Crippen LogP) is 18.2. The predicted molar refractivity (Wildman–Crippen MR) is 310 cm³/mol. The van der Waals surface area contributed by atoms with Crippen molar-refractivity contribution in [3.05, 3.63) is 328 Å². The molecule has 10 aromatic rings. The van der Waals surface area contributed by atoms with Crippen molar-refractivity contribution in [3.63, 3.8) is 0 Å². The summed E-state index contributed by atoms with van der Waals surface area (Å²) in [6, 6.07) is 94.4. The van der Waals surface area contributed by atoms with E-state index in [0.29, 0.717) is 5.92 Å². The lowest BCUT2D eigenvalue weighted by Gasteiger charge is -2.50. The molecule has 1 nitrogen and oxygen atoms in total. The zero-order chi connectivity index (χ0) is 50.0. The molecule has 0 N–H and O–H groups in total. The summed E-state index contributed by atoms with van der Waals surface area (Å²) in [5.41, 5.74) is 25.5. The van der Waals surface area contributed by atoms with Crippen molar-refractivity contribution in [2.75, 3.05) is 11.9 Å². The second-order valence-corrected chi connectivity index (χ2v) is 21.2. The van der Waals surface area contributed by atoms with Crippen molar-refractivity contribution in [2.45, 2.75) is 43.4 Å². The van der Waals surface area contributed by atoms with Crippen LogP contribution in [0.5, 0.6) is 0 Å². The number of hydrogen-bond donors (Lipinski definition) is 0. The van der Waals surface area contributed by atoms with Crippen molar-refractivity contribution in [3.8, 4) is 33.4 Å². The van der Waals surface area contributed by atoms with Crippen LogP contribution in [0.25, 0.3) is 39.0 Å². The lowest BCUT2D eigenvalue weighted by Crippen LogP contribution is -2.44. The van der Waals surface area contributed by atoms with E-state index in [1.807, 2.05) is 0 Å². The van der Waals surface area contributed by atoms with Crippen LogP contribution < -0.4 is 4.90 Å². The first-order valence-electron chi connectivity index (χ1n) is 26.4. The Morgan fingerprint density at radius 1 is 0.365 bits per heavy atom. The number of allylic oxidation sites excluding steroid dienone is 4. The van der Waals surface area contributed by atoms with E-state index >= 15 is 0 Å². The summed E-state index contributed by atoms with van der Waals surface area (Å²) in [5, 5.41) is 0. The molecule has 1 atom stereocenters. The zero-order valence-corrected chi connectivity index (χ0v) is 42.6. The minimum absolute atomic E-state index is 0.218. The fourth-order valence-corrected chi connectivity index (χ4v) is 13.8. The third kappa shape index (κ3) is 6.83. The van der Waals surface area contributed by atoms with Crippen molar-refractivity contribution in [1.29, 1.82) is 0 Å². The van der Waals surface area contributed by atoms with Crippen molar-refractivity contribution in [2.24, 2.45) is 5.92 Å². The average molecular weight is 950 g/mol. The largest absolute Gasteiger partial charge is 0.345 e. The molecule has 0 saturated carbocycles. The molecule has 356 valence electrons. The molecule has 4 aliphatic rings. The Morgan fingerprint density at radius 3 is 1.32 bits per heavy atom. The van der Waals surface area contributed by atoms with Crippen LogP contribution in [0, 0.1) is 5.92 Å². The Hall–Kier alpha value is -8.52. The lowest BCUT2D eigenvalue weighted by molar-refractivity contribution is 0.530. The third-order valence-electron chi connectivity index (χ3n) is 17.0. The molecule has 1 heteroatoms. The standard InChI is InChI=1S/C57H41N.C16H18/c1-58(46-34-29-41(30-35-46)40-17-5-2-6-18-40)47-36-31-42(32-37-47)43-33-38-49-48-23-11-12-24-50(48)57(55(49)39-43)53-27-15-13-25-51(53)56(44-19-7-3-8-20-44,45-21-9-4-10-22-45)52-26-14-16-28-54(52)57;1-11-7-6-9-13-12-8-4-5-10-14(12)16(2,3)15(11)13/h2-39H,1H3;4-6,8-11H,7H2,1-3H3. The van der Waals surface area contributed by atoms with Gasteiger partial charge in [0.1, 0.15) is 0 Å². The van der Waals surface area contributed by atoms with Gasteiger partial charge < -0.3 is 4.90 Å². The van der Waals surface area contributed by atoms with Gasteiger partial charge in [0.15, 0.2) is 0 Å². The SMILES string of the molecule is CC1CC=CC2=C1C(C)(C)c1ccccc12.CN(c1ccc(-c2ccccc2)cc1)c1ccc(-c2ccc3c(c2)C2(c4ccccc4-3)c3ccccc3C(c3ccccc3)(c3ccccc3)c3ccccc32)cc1. The average Bonchev–Trinajstić information content (AvgIpc) is 3.94. The van der Waals surface area contributed by atoms with Crippen LogP contribution in [0.4, 0.5) is 11.4 Å². The molecule has 0 saturated heterocycles. The third-order valence-corrected chi connectivity index (χ3v) is 17.0. The van der Waals surface area contributed by atoms with Crippen LogP contribution in [0.2, 0.25) is 0 Å². The van der Waals surface area contributed by atoms with Gasteiger partial charge in [-0.3, -0.25) is 0 Å². The number of hydrogen-bond acceptors (Lipinski definition) is 1. The summed E-state index contributed by atoms with van der Waals surface area (Å²) >= 11 is 0. The van der Waals surface area contributed by atoms with Gasteiger partial charge >= 0.3 is 0 Å². The highest BCUT2D eigenvalue weighted by atomic mass is 15.1. The summed E-state index contributed by atoms with van der Waals surface area (Å²) in [7, 11) is 2.14. The minimum atomic E-state index is -0.520. The maximum Gasteiger partial charge on any atom is 0.0720 e. The molecule has 0 fully saturated rings. The first-order valence-corrected chi connectivity index (χ1v) is 26.4. The monoisotopic (exact) mass is 949 g/mol. The van der Waals surface area contributed by atoms with E-state index in [4.69, 9.17) is 0 Å². The number of benzene rings is 10. The first-order chi connectivity index (χ1) is 36.3. The molecule has 0 amide bonds. The summed E-state index contributed by atoms with van der Waals surface area (Å²) < 4.78 is 0. The van der Waals surface area contributed by atoms with Crippen LogP contribution in [0.3, 0.4) is 0 Å². The highest BCUT2D eigenvalue weighted by Crippen LogP contribution is 2.65. The van der Waals surface area contributed by atoms with Gasteiger partial charge in [-0.15, -0.1) is 0 Å². The lowest BCUT2D eigenvalue weighted by atomic mass is 9.51. The van der Waals surface area contributed by atoms with Gasteiger partial charge in [0.05, 0.1) is 10.8 Å². The summed E-state index contributed by atoms with van der Waals surface area (Å²) in [6.45, 7) is 7.08. The van der Waals surface area contributed by atoms with Crippen molar-refractivity contribution < 1.29 is 0 Å². The smallest absolute Gasteiger partial charge is 0.0720 e. The van der Waals surface area contributed by atoms with Crippen LogP contribution in [0.15, 0.2) is 273 Å². The van der Waals surface area contributed by atoms with E-state index in [9.17, 15) is 0 Å². The highest BCUT2D eigenvalue weighted by molar-refractivity contribution is 5.92. The maximum absolute atomic E-state index is 2.49. The Balaban J connectivity index is 0.000000280.